The Morgan fingerprint density at radius 3 is 2.94 bits per heavy atom. The average molecular weight is 225 g/mol. The van der Waals surface area contributed by atoms with Gasteiger partial charge in [-0.05, 0) is 25.8 Å². The molecule has 0 saturated carbocycles. The topological polar surface area (TPSA) is 61.4 Å². The van der Waals surface area contributed by atoms with Gasteiger partial charge in [0.15, 0.2) is 0 Å². The van der Waals surface area contributed by atoms with Crippen molar-refractivity contribution in [3.05, 3.63) is 0 Å². The molecule has 2 saturated heterocycles. The minimum Gasteiger partial charge on any atom is -0.344 e. The van der Waals surface area contributed by atoms with Crippen LogP contribution in [0.5, 0.6) is 0 Å². The van der Waals surface area contributed by atoms with E-state index in [0.29, 0.717) is 12.5 Å². The van der Waals surface area contributed by atoms with Crippen LogP contribution in [0.25, 0.3) is 0 Å². The van der Waals surface area contributed by atoms with Crippen LogP contribution in [-0.4, -0.2) is 48.9 Å². The van der Waals surface area contributed by atoms with Crippen LogP contribution in [0.2, 0.25) is 0 Å². The molecule has 90 valence electrons. The Hall–Kier alpha value is -1.10. The highest BCUT2D eigenvalue weighted by Crippen LogP contribution is 2.11. The van der Waals surface area contributed by atoms with Gasteiger partial charge in [0.2, 0.25) is 11.8 Å². The zero-order valence-corrected chi connectivity index (χ0v) is 9.66. The lowest BCUT2D eigenvalue weighted by Gasteiger charge is -2.14. The molecule has 16 heavy (non-hydrogen) atoms. The maximum absolute atomic E-state index is 11.7. The SMILES string of the molecule is CN1CCC(NC(=O)CC2CCCN2)C1=O. The van der Waals surface area contributed by atoms with Crippen LogP contribution in [0.3, 0.4) is 0 Å². The average Bonchev–Trinajstić information content (AvgIpc) is 2.83. The van der Waals surface area contributed by atoms with Crippen LogP contribution in [0.15, 0.2) is 0 Å². The summed E-state index contributed by atoms with van der Waals surface area (Å²) in [5.41, 5.74) is 0. The molecule has 0 aromatic heterocycles. The number of hydrogen-bond donors (Lipinski definition) is 2. The van der Waals surface area contributed by atoms with E-state index in [-0.39, 0.29) is 17.9 Å². The number of likely N-dealkylation sites (tertiary alicyclic amines) is 1. The first-order valence-electron chi connectivity index (χ1n) is 5.94. The summed E-state index contributed by atoms with van der Waals surface area (Å²) in [5.74, 6) is 0.0285. The zero-order valence-electron chi connectivity index (χ0n) is 9.66. The normalized spacial score (nSPS) is 29.8. The number of rotatable bonds is 3. The molecule has 0 radical (unpaired) electrons. The van der Waals surface area contributed by atoms with Crippen molar-refractivity contribution in [2.75, 3.05) is 20.1 Å². The van der Waals surface area contributed by atoms with E-state index in [9.17, 15) is 9.59 Å². The van der Waals surface area contributed by atoms with Crippen molar-refractivity contribution in [3.63, 3.8) is 0 Å². The Morgan fingerprint density at radius 1 is 1.56 bits per heavy atom. The Kier molecular flexibility index (Phi) is 3.43. The number of likely N-dealkylation sites (N-methyl/N-ethyl adjacent to an activating group) is 1. The summed E-state index contributed by atoms with van der Waals surface area (Å²) in [6.07, 6.45) is 3.43. The maximum atomic E-state index is 11.7. The van der Waals surface area contributed by atoms with Crippen LogP contribution in [-0.2, 0) is 9.59 Å². The van der Waals surface area contributed by atoms with Gasteiger partial charge in [-0.15, -0.1) is 0 Å². The van der Waals surface area contributed by atoms with Crippen molar-refractivity contribution in [2.45, 2.75) is 37.8 Å². The molecule has 2 fully saturated rings. The summed E-state index contributed by atoms with van der Waals surface area (Å²) >= 11 is 0. The Bertz CT molecular complexity index is 287. The Labute approximate surface area is 95.6 Å². The fourth-order valence-electron chi connectivity index (χ4n) is 2.36. The maximum Gasteiger partial charge on any atom is 0.244 e. The number of nitrogens with one attached hydrogen (secondary N) is 2. The molecule has 0 aliphatic carbocycles. The van der Waals surface area contributed by atoms with Gasteiger partial charge in [0.05, 0.1) is 0 Å². The predicted octanol–water partition coefficient (Wildman–Crippen LogP) is -0.525. The van der Waals surface area contributed by atoms with E-state index in [1.54, 1.807) is 11.9 Å². The van der Waals surface area contributed by atoms with Crippen LogP contribution in [0.4, 0.5) is 0 Å². The molecule has 0 spiro atoms. The predicted molar refractivity (Wildman–Crippen MR) is 59.8 cm³/mol. The first-order valence-corrected chi connectivity index (χ1v) is 5.94. The van der Waals surface area contributed by atoms with Gasteiger partial charge >= 0.3 is 0 Å². The quantitative estimate of drug-likeness (QED) is 0.679. The highest BCUT2D eigenvalue weighted by molar-refractivity contribution is 5.89. The number of nitrogens with zero attached hydrogens (tertiary/aromatic N) is 1. The lowest BCUT2D eigenvalue weighted by atomic mass is 10.1. The minimum absolute atomic E-state index is 0.00644. The third-order valence-electron chi connectivity index (χ3n) is 3.36. The summed E-state index contributed by atoms with van der Waals surface area (Å²) in [6, 6.07) is 0.00753. The molecule has 0 aromatic rings. The molecule has 0 bridgehead atoms. The van der Waals surface area contributed by atoms with Gasteiger partial charge in [-0.3, -0.25) is 9.59 Å². The number of hydrogen-bond acceptors (Lipinski definition) is 3. The molecule has 2 aliphatic heterocycles. The molecule has 2 amide bonds. The summed E-state index contributed by atoms with van der Waals surface area (Å²) in [6.45, 7) is 1.74. The first-order chi connectivity index (χ1) is 7.66. The third kappa shape index (κ3) is 2.52. The molecule has 2 aliphatic rings. The molecule has 2 rings (SSSR count). The van der Waals surface area contributed by atoms with Gasteiger partial charge in [-0.2, -0.15) is 0 Å². The van der Waals surface area contributed by atoms with Crippen molar-refractivity contribution in [1.29, 1.82) is 0 Å². The summed E-state index contributed by atoms with van der Waals surface area (Å²) in [5, 5.41) is 6.09. The second-order valence-electron chi connectivity index (χ2n) is 4.67. The van der Waals surface area contributed by atoms with E-state index in [1.807, 2.05) is 0 Å². The Morgan fingerprint density at radius 2 is 2.38 bits per heavy atom. The van der Waals surface area contributed by atoms with Gasteiger partial charge < -0.3 is 15.5 Å². The zero-order chi connectivity index (χ0) is 11.5. The molecule has 2 atom stereocenters. The fraction of sp³-hybridized carbons (Fsp3) is 0.818. The minimum atomic E-state index is -0.293. The standard InChI is InChI=1S/C11H19N3O2/c1-14-6-4-9(11(14)16)13-10(15)7-8-3-2-5-12-8/h8-9,12H,2-7H2,1H3,(H,13,15). The summed E-state index contributed by atoms with van der Waals surface area (Å²) < 4.78 is 0. The van der Waals surface area contributed by atoms with Gasteiger partial charge in [-0.1, -0.05) is 0 Å². The largest absolute Gasteiger partial charge is 0.344 e. The smallest absolute Gasteiger partial charge is 0.244 e. The van der Waals surface area contributed by atoms with E-state index in [1.165, 1.54) is 0 Å². The number of amides is 2. The van der Waals surface area contributed by atoms with Crippen LogP contribution in [0.1, 0.15) is 25.7 Å². The molecular weight excluding hydrogens is 206 g/mol. The summed E-state index contributed by atoms with van der Waals surface area (Å²) in [4.78, 5) is 24.9. The lowest BCUT2D eigenvalue weighted by Crippen LogP contribution is -2.42. The lowest BCUT2D eigenvalue weighted by molar-refractivity contribution is -0.132. The molecule has 5 nitrogen and oxygen atoms in total. The van der Waals surface area contributed by atoms with Gasteiger partial charge in [0, 0.05) is 26.1 Å². The second-order valence-corrected chi connectivity index (χ2v) is 4.67. The molecule has 2 unspecified atom stereocenters. The Balaban J connectivity index is 1.76. The van der Waals surface area contributed by atoms with Crippen molar-refractivity contribution in [3.8, 4) is 0 Å². The molecule has 5 heteroatoms. The van der Waals surface area contributed by atoms with E-state index >= 15 is 0 Å². The fourth-order valence-corrected chi connectivity index (χ4v) is 2.36. The van der Waals surface area contributed by atoms with Crippen molar-refractivity contribution >= 4 is 11.8 Å². The first kappa shape index (κ1) is 11.4. The van der Waals surface area contributed by atoms with E-state index in [2.05, 4.69) is 10.6 Å². The third-order valence-corrected chi connectivity index (χ3v) is 3.36. The monoisotopic (exact) mass is 225 g/mol. The van der Waals surface area contributed by atoms with E-state index in [4.69, 9.17) is 0 Å². The summed E-state index contributed by atoms with van der Waals surface area (Å²) in [7, 11) is 1.77. The second kappa shape index (κ2) is 4.82. The molecule has 2 heterocycles. The number of carbonyl (C=O) groups excluding carboxylic acids is 2. The highest BCUT2D eigenvalue weighted by atomic mass is 16.2. The molecule has 2 N–H and O–H groups in total. The van der Waals surface area contributed by atoms with E-state index < -0.39 is 0 Å². The van der Waals surface area contributed by atoms with Crippen LogP contribution >= 0.6 is 0 Å². The number of carbonyl (C=O) groups is 2. The van der Waals surface area contributed by atoms with Crippen molar-refractivity contribution < 1.29 is 9.59 Å². The van der Waals surface area contributed by atoms with E-state index in [0.717, 1.165) is 32.4 Å². The van der Waals surface area contributed by atoms with Gasteiger partial charge in [-0.25, -0.2) is 0 Å². The van der Waals surface area contributed by atoms with Gasteiger partial charge in [0.25, 0.3) is 0 Å². The van der Waals surface area contributed by atoms with Gasteiger partial charge in [0.1, 0.15) is 6.04 Å². The highest BCUT2D eigenvalue weighted by Gasteiger charge is 2.30. The van der Waals surface area contributed by atoms with Crippen LogP contribution < -0.4 is 10.6 Å². The van der Waals surface area contributed by atoms with Crippen molar-refractivity contribution in [2.24, 2.45) is 0 Å². The molecular formula is C11H19N3O2. The van der Waals surface area contributed by atoms with Crippen LogP contribution in [0, 0.1) is 0 Å². The van der Waals surface area contributed by atoms with Crippen molar-refractivity contribution in [1.82, 2.24) is 15.5 Å². The molecule has 0 aromatic carbocycles.